The third-order valence-electron chi connectivity index (χ3n) is 4.76. The van der Waals surface area contributed by atoms with Gasteiger partial charge in [-0.2, -0.15) is 0 Å². The topological polar surface area (TPSA) is 112 Å². The molecule has 2 rings (SSSR count). The van der Waals surface area contributed by atoms with Gasteiger partial charge in [-0.3, -0.25) is 0 Å². The van der Waals surface area contributed by atoms with Crippen LogP contribution in [0.2, 0.25) is 5.02 Å². The molecule has 1 aromatic rings. The number of aliphatic carboxylic acids is 2. The van der Waals surface area contributed by atoms with Gasteiger partial charge in [0.25, 0.3) is 0 Å². The first-order chi connectivity index (χ1) is 12.9. The van der Waals surface area contributed by atoms with Gasteiger partial charge >= 0.3 is 11.9 Å². The van der Waals surface area contributed by atoms with Crippen molar-refractivity contribution in [2.75, 3.05) is 26.1 Å². The molecular weight excluding hydrogens is 406 g/mol. The average Bonchev–Trinajstić information content (AvgIpc) is 2.52. The molecule has 156 valence electrons. The molecule has 0 aliphatic heterocycles. The van der Waals surface area contributed by atoms with Crippen LogP contribution in [0.1, 0.15) is 24.8 Å². The van der Waals surface area contributed by atoms with Gasteiger partial charge in [-0.05, 0) is 44.6 Å². The summed E-state index contributed by atoms with van der Waals surface area (Å²) >= 11 is 5.97. The molecule has 1 aliphatic carbocycles. The maximum Gasteiger partial charge on any atom is 0.328 e. The highest BCUT2D eigenvalue weighted by molar-refractivity contribution is 7.90. The highest BCUT2D eigenvalue weighted by Crippen LogP contribution is 2.48. The lowest BCUT2D eigenvalue weighted by atomic mass is 9.60. The summed E-state index contributed by atoms with van der Waals surface area (Å²) in [4.78, 5) is 21.2. The zero-order valence-corrected chi connectivity index (χ0v) is 17.7. The van der Waals surface area contributed by atoms with E-state index in [2.05, 4.69) is 4.90 Å². The van der Waals surface area contributed by atoms with E-state index in [1.54, 1.807) is 0 Å². The van der Waals surface area contributed by atoms with Crippen molar-refractivity contribution in [1.29, 1.82) is 0 Å². The Labute approximate surface area is 170 Å². The predicted octanol–water partition coefficient (Wildman–Crippen LogP) is 2.45. The molecule has 1 unspecified atom stereocenters. The lowest BCUT2D eigenvalue weighted by molar-refractivity contribution is -0.134. The Morgan fingerprint density at radius 3 is 1.89 bits per heavy atom. The normalized spacial score (nSPS) is 16.8. The molecule has 1 aliphatic rings. The Balaban J connectivity index is 0.000000416. The molecular formula is C19H26ClNO6S. The van der Waals surface area contributed by atoms with Crippen LogP contribution < -0.4 is 0 Å². The van der Waals surface area contributed by atoms with Crippen molar-refractivity contribution in [3.63, 3.8) is 0 Å². The fourth-order valence-electron chi connectivity index (χ4n) is 3.39. The first-order valence-electron chi connectivity index (χ1n) is 8.61. The molecule has 7 nitrogen and oxygen atoms in total. The molecule has 1 saturated carbocycles. The van der Waals surface area contributed by atoms with E-state index in [0.717, 1.165) is 19.3 Å². The van der Waals surface area contributed by atoms with Crippen LogP contribution >= 0.6 is 11.6 Å². The summed E-state index contributed by atoms with van der Waals surface area (Å²) in [5.74, 6) is -2.32. The summed E-state index contributed by atoms with van der Waals surface area (Å²) in [6.07, 6.45) is 5.65. The number of sulfone groups is 1. The monoisotopic (exact) mass is 431 g/mol. The van der Waals surface area contributed by atoms with E-state index >= 15 is 0 Å². The van der Waals surface area contributed by atoms with Crippen molar-refractivity contribution >= 4 is 33.4 Å². The molecule has 1 atom stereocenters. The number of carboxylic acids is 2. The second-order valence-electron chi connectivity index (χ2n) is 7.10. The molecule has 0 bridgehead atoms. The minimum absolute atomic E-state index is 0.00688. The number of rotatable bonds is 7. The highest BCUT2D eigenvalue weighted by Gasteiger charge is 2.47. The molecule has 1 aromatic carbocycles. The van der Waals surface area contributed by atoms with Gasteiger partial charge < -0.3 is 15.1 Å². The van der Waals surface area contributed by atoms with Gasteiger partial charge in [-0.1, -0.05) is 30.2 Å². The van der Waals surface area contributed by atoms with E-state index in [1.165, 1.54) is 11.8 Å². The third kappa shape index (κ3) is 7.26. The van der Waals surface area contributed by atoms with Crippen LogP contribution in [0.25, 0.3) is 0 Å². The second-order valence-corrected chi connectivity index (χ2v) is 9.72. The van der Waals surface area contributed by atoms with E-state index in [4.69, 9.17) is 21.8 Å². The maximum atomic E-state index is 11.8. The molecule has 0 amide bonds. The smallest absolute Gasteiger partial charge is 0.328 e. The van der Waals surface area contributed by atoms with Crippen LogP contribution in [-0.2, 0) is 24.8 Å². The van der Waals surface area contributed by atoms with Gasteiger partial charge in [0.05, 0.1) is 5.75 Å². The fourth-order valence-corrected chi connectivity index (χ4v) is 4.70. The van der Waals surface area contributed by atoms with Gasteiger partial charge in [0.2, 0.25) is 0 Å². The van der Waals surface area contributed by atoms with E-state index in [9.17, 15) is 18.0 Å². The Hall–Kier alpha value is -1.90. The zero-order valence-electron chi connectivity index (χ0n) is 16.1. The molecule has 28 heavy (non-hydrogen) atoms. The Morgan fingerprint density at radius 2 is 1.61 bits per heavy atom. The molecule has 2 N–H and O–H groups in total. The van der Waals surface area contributed by atoms with E-state index in [0.29, 0.717) is 17.2 Å². The van der Waals surface area contributed by atoms with Gasteiger partial charge in [0.1, 0.15) is 9.84 Å². The molecule has 0 saturated heterocycles. The quantitative estimate of drug-likeness (QED) is 0.637. The molecule has 9 heteroatoms. The Kier molecular flexibility index (Phi) is 8.66. The molecule has 0 aromatic heterocycles. The van der Waals surface area contributed by atoms with Gasteiger partial charge in [-0.25, -0.2) is 18.0 Å². The molecule has 0 radical (unpaired) electrons. The highest BCUT2D eigenvalue weighted by atomic mass is 35.5. The number of likely N-dealkylation sites (N-methyl/N-ethyl adjacent to an activating group) is 1. The number of benzene rings is 1. The zero-order chi connectivity index (χ0) is 21.5. The van der Waals surface area contributed by atoms with Crippen LogP contribution in [0, 0.1) is 0 Å². The minimum atomic E-state index is -3.01. The van der Waals surface area contributed by atoms with Crippen LogP contribution in [0.3, 0.4) is 0 Å². The van der Waals surface area contributed by atoms with E-state index in [1.807, 2.05) is 38.4 Å². The van der Waals surface area contributed by atoms with Crippen molar-refractivity contribution in [1.82, 2.24) is 4.90 Å². The number of carboxylic acid groups (broad SMARTS) is 2. The molecule has 0 spiro atoms. The van der Waals surface area contributed by atoms with Gasteiger partial charge in [0, 0.05) is 34.9 Å². The second kappa shape index (κ2) is 10.0. The number of carbonyl (C=O) groups is 2. The first-order valence-corrected chi connectivity index (χ1v) is 11.1. The average molecular weight is 432 g/mol. The van der Waals surface area contributed by atoms with Crippen molar-refractivity contribution in [2.45, 2.75) is 30.7 Å². The third-order valence-corrected chi connectivity index (χ3v) is 5.93. The van der Waals surface area contributed by atoms with Gasteiger partial charge in [-0.15, -0.1) is 0 Å². The summed E-state index contributed by atoms with van der Waals surface area (Å²) in [5.41, 5.74) is 1.15. The largest absolute Gasteiger partial charge is 0.478 e. The van der Waals surface area contributed by atoms with E-state index < -0.39 is 21.8 Å². The van der Waals surface area contributed by atoms with Crippen molar-refractivity contribution in [2.24, 2.45) is 0 Å². The Bertz CT molecular complexity index is 797. The maximum absolute atomic E-state index is 11.8. The minimum Gasteiger partial charge on any atom is -0.478 e. The van der Waals surface area contributed by atoms with Crippen molar-refractivity contribution < 1.29 is 28.2 Å². The number of hydrogen-bond donors (Lipinski definition) is 2. The van der Waals surface area contributed by atoms with Crippen LogP contribution in [0.15, 0.2) is 36.4 Å². The SMILES string of the molecule is CN(C)C(CS(C)(=O)=O)C1(c2ccc(Cl)cc2)CCC1.O=C(O)C=CC(=O)O. The predicted molar refractivity (Wildman–Crippen MR) is 109 cm³/mol. The molecule has 1 fully saturated rings. The van der Waals surface area contributed by atoms with Crippen molar-refractivity contribution in [3.05, 3.63) is 47.0 Å². The summed E-state index contributed by atoms with van der Waals surface area (Å²) in [6, 6.07) is 7.88. The summed E-state index contributed by atoms with van der Waals surface area (Å²) in [6.45, 7) is 0. The lowest BCUT2D eigenvalue weighted by Crippen LogP contribution is -2.55. The Morgan fingerprint density at radius 1 is 1.14 bits per heavy atom. The first kappa shape index (κ1) is 24.1. The summed E-state index contributed by atoms with van der Waals surface area (Å²) in [7, 11) is 0.917. The number of halogens is 1. The standard InChI is InChI=1S/C15H22ClNO2S.C4H4O4/c1-17(2)14(11-20(3,18)19)15(9-4-10-15)12-5-7-13(16)8-6-12;5-3(6)1-2-4(7)8/h5-8,14H,4,9-11H2,1-3H3;1-2H,(H,5,6)(H,7,8). The fraction of sp³-hybridized carbons (Fsp3) is 0.474. The number of nitrogens with zero attached hydrogens (tertiary/aromatic N) is 1. The summed E-state index contributed by atoms with van der Waals surface area (Å²) in [5, 5.41) is 16.3. The van der Waals surface area contributed by atoms with Crippen molar-refractivity contribution in [3.8, 4) is 0 Å². The summed E-state index contributed by atoms with van der Waals surface area (Å²) < 4.78 is 23.5. The van der Waals surface area contributed by atoms with Crippen LogP contribution in [0.4, 0.5) is 0 Å². The van der Waals surface area contributed by atoms with Gasteiger partial charge in [0.15, 0.2) is 0 Å². The van der Waals surface area contributed by atoms with Crippen LogP contribution in [0.5, 0.6) is 0 Å². The molecule has 0 heterocycles. The lowest BCUT2D eigenvalue weighted by Gasteiger charge is -2.50. The van der Waals surface area contributed by atoms with Crippen LogP contribution in [-0.4, -0.2) is 67.6 Å². The number of hydrogen-bond acceptors (Lipinski definition) is 5. The van der Waals surface area contributed by atoms with E-state index in [-0.39, 0.29) is 17.2 Å².